The number of anilines is 1. The van der Waals surface area contributed by atoms with Gasteiger partial charge in [-0.3, -0.25) is 14.7 Å². The molecule has 2 unspecified atom stereocenters. The van der Waals surface area contributed by atoms with Crippen molar-refractivity contribution in [2.45, 2.75) is 31.8 Å². The van der Waals surface area contributed by atoms with Gasteiger partial charge in [0, 0.05) is 29.7 Å². The molecule has 0 aromatic carbocycles. The van der Waals surface area contributed by atoms with Crippen LogP contribution in [0.5, 0.6) is 0 Å². The summed E-state index contributed by atoms with van der Waals surface area (Å²) in [5.41, 5.74) is 2.58. The number of aromatic nitrogens is 4. The summed E-state index contributed by atoms with van der Waals surface area (Å²) in [6.45, 7) is 2.18. The maximum absolute atomic E-state index is 12.7. The Bertz CT molecular complexity index is 1090. The SMILES string of the molecule is CC1CCc2ncccc2C2COC(=O)N2c2ccn3ncc(c3n2)C(=O)N1. The molecule has 0 spiro atoms. The van der Waals surface area contributed by atoms with E-state index in [0.29, 0.717) is 29.9 Å². The Kier molecular flexibility index (Phi) is 3.75. The van der Waals surface area contributed by atoms with Crippen molar-refractivity contribution < 1.29 is 14.3 Å². The number of pyridine rings is 1. The quantitative estimate of drug-likeness (QED) is 0.641. The highest BCUT2D eigenvalue weighted by atomic mass is 16.6. The minimum absolute atomic E-state index is 0.0567. The number of rotatable bonds is 0. The van der Waals surface area contributed by atoms with Crippen molar-refractivity contribution in [3.63, 3.8) is 0 Å². The monoisotopic (exact) mass is 378 g/mol. The van der Waals surface area contributed by atoms with E-state index in [1.165, 1.54) is 15.6 Å². The van der Waals surface area contributed by atoms with E-state index in [0.717, 1.165) is 11.3 Å². The number of carbonyl (C=O) groups is 2. The maximum atomic E-state index is 12.7. The van der Waals surface area contributed by atoms with Gasteiger partial charge in [0.05, 0.1) is 6.20 Å². The molecule has 0 radical (unpaired) electrons. The van der Waals surface area contributed by atoms with Gasteiger partial charge in [-0.25, -0.2) is 14.3 Å². The second-order valence-corrected chi connectivity index (χ2v) is 7.03. The average molecular weight is 378 g/mol. The number of hydrogen-bond donors (Lipinski definition) is 1. The first-order valence-electron chi connectivity index (χ1n) is 9.17. The third kappa shape index (κ3) is 2.58. The van der Waals surface area contributed by atoms with Crippen LogP contribution < -0.4 is 10.2 Å². The van der Waals surface area contributed by atoms with Crippen molar-refractivity contribution in [2.75, 3.05) is 11.5 Å². The fraction of sp³-hybridized carbons (Fsp3) is 0.316. The first kappa shape index (κ1) is 16.7. The molecule has 3 aromatic rings. The molecule has 5 rings (SSSR count). The Morgan fingerprint density at radius 3 is 3.07 bits per heavy atom. The first-order valence-corrected chi connectivity index (χ1v) is 9.17. The third-order valence-corrected chi connectivity index (χ3v) is 5.19. The van der Waals surface area contributed by atoms with E-state index in [4.69, 9.17) is 4.74 Å². The second-order valence-electron chi connectivity index (χ2n) is 7.03. The van der Waals surface area contributed by atoms with Crippen LogP contribution in [0.15, 0.2) is 36.8 Å². The number of cyclic esters (lactones) is 1. The fourth-order valence-electron chi connectivity index (χ4n) is 3.75. The van der Waals surface area contributed by atoms with Gasteiger partial charge in [0.1, 0.15) is 24.0 Å². The molecule has 1 fully saturated rings. The number of amides is 2. The lowest BCUT2D eigenvalue weighted by Crippen LogP contribution is -2.33. The highest BCUT2D eigenvalue weighted by Crippen LogP contribution is 2.34. The number of ether oxygens (including phenoxy) is 1. The van der Waals surface area contributed by atoms with Crippen LogP contribution in [0.3, 0.4) is 0 Å². The lowest BCUT2D eigenvalue weighted by Gasteiger charge is -2.22. The summed E-state index contributed by atoms with van der Waals surface area (Å²) >= 11 is 0. The van der Waals surface area contributed by atoms with Gasteiger partial charge < -0.3 is 10.1 Å². The maximum Gasteiger partial charge on any atom is 0.416 e. The number of fused-ring (bicyclic) bond motifs is 5. The van der Waals surface area contributed by atoms with Gasteiger partial charge >= 0.3 is 6.09 Å². The first-order chi connectivity index (χ1) is 13.6. The van der Waals surface area contributed by atoms with E-state index in [9.17, 15) is 9.59 Å². The van der Waals surface area contributed by atoms with Crippen molar-refractivity contribution in [1.82, 2.24) is 24.9 Å². The molecule has 0 saturated carbocycles. The summed E-state index contributed by atoms with van der Waals surface area (Å²) in [7, 11) is 0. The molecular weight excluding hydrogens is 360 g/mol. The van der Waals surface area contributed by atoms with Crippen LogP contribution in [0.4, 0.5) is 10.6 Å². The standard InChI is InChI=1S/C19H18N6O3/c1-11-4-5-14-12(3-2-7-20-14)15-10-28-19(27)25(15)16-6-8-24-17(23-16)13(9-21-24)18(26)22-11/h2-3,6-9,11,15H,4-5,10H2,1H3,(H,22,26). The molecule has 1 saturated heterocycles. The molecule has 9 heteroatoms. The summed E-state index contributed by atoms with van der Waals surface area (Å²) in [6, 6.07) is 5.14. The molecule has 1 N–H and O–H groups in total. The van der Waals surface area contributed by atoms with E-state index in [-0.39, 0.29) is 24.6 Å². The number of aryl methyl sites for hydroxylation is 1. The minimum atomic E-state index is -0.467. The molecule has 2 atom stereocenters. The van der Waals surface area contributed by atoms with Gasteiger partial charge in [-0.05, 0) is 31.9 Å². The van der Waals surface area contributed by atoms with Gasteiger partial charge in [-0.15, -0.1) is 0 Å². The molecule has 2 bridgehead atoms. The minimum Gasteiger partial charge on any atom is -0.447 e. The number of carbonyl (C=O) groups excluding carboxylic acids is 2. The zero-order valence-electron chi connectivity index (χ0n) is 15.2. The second kappa shape index (κ2) is 6.29. The topological polar surface area (TPSA) is 102 Å². The molecular formula is C19H18N6O3. The Hall–Kier alpha value is -3.49. The van der Waals surface area contributed by atoms with Gasteiger partial charge in [-0.2, -0.15) is 5.10 Å². The Balaban J connectivity index is 1.71. The zero-order valence-corrected chi connectivity index (χ0v) is 15.2. The molecule has 28 heavy (non-hydrogen) atoms. The predicted molar refractivity (Wildman–Crippen MR) is 99.0 cm³/mol. The van der Waals surface area contributed by atoms with Gasteiger partial charge in [0.25, 0.3) is 5.91 Å². The van der Waals surface area contributed by atoms with Crippen LogP contribution in [0.2, 0.25) is 0 Å². The molecule has 2 aliphatic heterocycles. The molecule has 2 amide bonds. The van der Waals surface area contributed by atoms with E-state index in [1.54, 1.807) is 18.5 Å². The molecule has 9 nitrogen and oxygen atoms in total. The number of nitrogens with one attached hydrogen (secondary N) is 1. The Morgan fingerprint density at radius 2 is 2.18 bits per heavy atom. The molecule has 0 aliphatic carbocycles. The van der Waals surface area contributed by atoms with E-state index in [1.807, 2.05) is 19.1 Å². The normalized spacial score (nSPS) is 22.0. The van der Waals surface area contributed by atoms with Crippen molar-refractivity contribution in [3.8, 4) is 0 Å². The van der Waals surface area contributed by atoms with Crippen LogP contribution in [-0.4, -0.2) is 44.2 Å². The molecule has 2 aliphatic rings. The zero-order chi connectivity index (χ0) is 19.3. The number of hydrogen-bond acceptors (Lipinski definition) is 6. The van der Waals surface area contributed by atoms with Crippen LogP contribution in [-0.2, 0) is 11.2 Å². The Labute approximate surface area is 160 Å². The molecule has 5 heterocycles. The van der Waals surface area contributed by atoms with Crippen molar-refractivity contribution in [3.05, 3.63) is 53.6 Å². The molecule has 142 valence electrons. The third-order valence-electron chi connectivity index (χ3n) is 5.19. The van der Waals surface area contributed by atoms with Crippen LogP contribution in [0, 0.1) is 0 Å². The summed E-state index contributed by atoms with van der Waals surface area (Å²) in [6.07, 6.45) is 5.83. The largest absolute Gasteiger partial charge is 0.447 e. The van der Waals surface area contributed by atoms with Crippen molar-refractivity contribution >= 4 is 23.5 Å². The van der Waals surface area contributed by atoms with Crippen molar-refractivity contribution in [2.24, 2.45) is 0 Å². The fourth-order valence-corrected chi connectivity index (χ4v) is 3.75. The van der Waals surface area contributed by atoms with Gasteiger partial charge in [0.2, 0.25) is 0 Å². The van der Waals surface area contributed by atoms with Gasteiger partial charge in [0.15, 0.2) is 5.65 Å². The highest BCUT2D eigenvalue weighted by molar-refractivity contribution is 6.00. The van der Waals surface area contributed by atoms with Crippen LogP contribution in [0.1, 0.15) is 41.0 Å². The van der Waals surface area contributed by atoms with E-state index >= 15 is 0 Å². The van der Waals surface area contributed by atoms with E-state index < -0.39 is 6.09 Å². The summed E-state index contributed by atoms with van der Waals surface area (Å²) in [5, 5.41) is 7.20. The highest BCUT2D eigenvalue weighted by Gasteiger charge is 2.38. The van der Waals surface area contributed by atoms with Crippen LogP contribution in [0.25, 0.3) is 5.65 Å². The predicted octanol–water partition coefficient (Wildman–Crippen LogP) is 1.89. The van der Waals surface area contributed by atoms with Gasteiger partial charge in [-0.1, -0.05) is 6.07 Å². The smallest absolute Gasteiger partial charge is 0.416 e. The molecule has 3 aromatic heterocycles. The summed E-state index contributed by atoms with van der Waals surface area (Å²) in [4.78, 5) is 35.9. The van der Waals surface area contributed by atoms with E-state index in [2.05, 4.69) is 20.4 Å². The summed E-state index contributed by atoms with van der Waals surface area (Å²) < 4.78 is 6.87. The lowest BCUT2D eigenvalue weighted by atomic mass is 10.0. The van der Waals surface area contributed by atoms with Crippen molar-refractivity contribution in [1.29, 1.82) is 0 Å². The van der Waals surface area contributed by atoms with Crippen LogP contribution >= 0.6 is 0 Å². The summed E-state index contributed by atoms with van der Waals surface area (Å²) in [5.74, 6) is 0.171. The lowest BCUT2D eigenvalue weighted by molar-refractivity contribution is 0.0940. The number of nitrogens with zero attached hydrogens (tertiary/aromatic N) is 5. The average Bonchev–Trinajstić information content (AvgIpc) is 3.29. The Morgan fingerprint density at radius 1 is 1.29 bits per heavy atom.